The maximum absolute atomic E-state index is 12.2. The third kappa shape index (κ3) is 3.92. The summed E-state index contributed by atoms with van der Waals surface area (Å²) in [5.41, 5.74) is 1.85. The van der Waals surface area contributed by atoms with Gasteiger partial charge in [-0.05, 0) is 38.1 Å². The number of rotatable bonds is 5. The largest absolute Gasteiger partial charge is 0.347 e. The van der Waals surface area contributed by atoms with Gasteiger partial charge in [-0.15, -0.1) is 22.7 Å². The maximum Gasteiger partial charge on any atom is 0.272 e. The average molecular weight is 373 g/mol. The molecule has 3 rings (SSSR count). The minimum atomic E-state index is -0.454. The number of carbonyl (C=O) groups excluding carboxylic acids is 1. The Balaban J connectivity index is 1.65. The summed E-state index contributed by atoms with van der Waals surface area (Å²) in [6.07, 6.45) is 0. The lowest BCUT2D eigenvalue weighted by Crippen LogP contribution is -2.22. The number of hydrogen-bond acceptors (Lipinski definition) is 6. The summed E-state index contributed by atoms with van der Waals surface area (Å²) in [5.74, 6) is -0.252. The summed E-state index contributed by atoms with van der Waals surface area (Å²) < 4.78 is 0. The molecular formula is C17H15N3O3S2. The zero-order valence-electron chi connectivity index (χ0n) is 13.6. The van der Waals surface area contributed by atoms with Gasteiger partial charge in [0.2, 0.25) is 0 Å². The van der Waals surface area contributed by atoms with Gasteiger partial charge >= 0.3 is 0 Å². The Kier molecular flexibility index (Phi) is 4.91. The van der Waals surface area contributed by atoms with Gasteiger partial charge in [0.1, 0.15) is 0 Å². The lowest BCUT2D eigenvalue weighted by atomic mass is 10.1. The molecule has 0 aliphatic heterocycles. The maximum atomic E-state index is 12.2. The number of nitrogens with one attached hydrogen (secondary N) is 1. The molecule has 0 saturated heterocycles. The van der Waals surface area contributed by atoms with Crippen molar-refractivity contribution in [2.24, 2.45) is 0 Å². The van der Waals surface area contributed by atoms with Gasteiger partial charge in [-0.3, -0.25) is 14.9 Å². The zero-order chi connectivity index (χ0) is 18.0. The monoisotopic (exact) mass is 373 g/mol. The lowest BCUT2D eigenvalue weighted by molar-refractivity contribution is -0.385. The van der Waals surface area contributed by atoms with Crippen LogP contribution in [0.2, 0.25) is 0 Å². The zero-order valence-corrected chi connectivity index (χ0v) is 15.2. The van der Waals surface area contributed by atoms with Crippen LogP contribution in [0.4, 0.5) is 5.69 Å². The van der Waals surface area contributed by atoms with E-state index in [1.54, 1.807) is 29.6 Å². The highest BCUT2D eigenvalue weighted by Gasteiger charge is 2.14. The lowest BCUT2D eigenvalue weighted by Gasteiger charge is -2.05. The minimum absolute atomic E-state index is 0.0120. The van der Waals surface area contributed by atoms with Crippen LogP contribution in [0.3, 0.4) is 0 Å². The molecule has 3 aromatic rings. The van der Waals surface area contributed by atoms with Gasteiger partial charge < -0.3 is 5.32 Å². The van der Waals surface area contributed by atoms with Gasteiger partial charge in [-0.1, -0.05) is 0 Å². The van der Waals surface area contributed by atoms with Gasteiger partial charge in [0, 0.05) is 27.5 Å². The third-order valence-corrected chi connectivity index (χ3v) is 5.49. The van der Waals surface area contributed by atoms with Crippen LogP contribution in [0.5, 0.6) is 0 Å². The first-order chi connectivity index (χ1) is 11.9. The van der Waals surface area contributed by atoms with Gasteiger partial charge in [-0.2, -0.15) is 0 Å². The number of hydrogen-bond donors (Lipinski definition) is 1. The van der Waals surface area contributed by atoms with Crippen LogP contribution in [0.25, 0.3) is 10.6 Å². The molecule has 0 aliphatic carbocycles. The molecule has 0 unspecified atom stereocenters. The summed E-state index contributed by atoms with van der Waals surface area (Å²) in [6, 6.07) is 8.33. The van der Waals surface area contributed by atoms with E-state index in [0.717, 1.165) is 20.5 Å². The molecule has 8 heteroatoms. The van der Waals surface area contributed by atoms with Crippen molar-refractivity contribution < 1.29 is 9.72 Å². The first-order valence-electron chi connectivity index (χ1n) is 7.48. The molecule has 0 spiro atoms. The van der Waals surface area contributed by atoms with E-state index < -0.39 is 4.92 Å². The van der Waals surface area contributed by atoms with E-state index in [0.29, 0.717) is 17.7 Å². The number of carbonyl (C=O) groups is 1. The van der Waals surface area contributed by atoms with Crippen molar-refractivity contribution in [1.82, 2.24) is 10.3 Å². The molecular weight excluding hydrogens is 358 g/mol. The van der Waals surface area contributed by atoms with Crippen molar-refractivity contribution in [1.29, 1.82) is 0 Å². The molecule has 25 heavy (non-hydrogen) atoms. The molecule has 0 radical (unpaired) electrons. The molecule has 1 amide bonds. The molecule has 1 N–H and O–H groups in total. The fourth-order valence-corrected chi connectivity index (χ4v) is 3.95. The Morgan fingerprint density at radius 3 is 2.72 bits per heavy atom. The van der Waals surface area contributed by atoms with Crippen molar-refractivity contribution in [3.05, 3.63) is 66.8 Å². The van der Waals surface area contributed by atoms with Crippen LogP contribution in [-0.4, -0.2) is 15.8 Å². The molecule has 0 bridgehead atoms. The number of thiophene rings is 1. The van der Waals surface area contributed by atoms with E-state index in [4.69, 9.17) is 0 Å². The molecule has 2 aromatic heterocycles. The first kappa shape index (κ1) is 17.2. The van der Waals surface area contributed by atoms with E-state index in [9.17, 15) is 14.9 Å². The van der Waals surface area contributed by atoms with Crippen LogP contribution < -0.4 is 5.32 Å². The second kappa shape index (κ2) is 7.12. The van der Waals surface area contributed by atoms with Crippen molar-refractivity contribution in [2.75, 3.05) is 0 Å². The highest BCUT2D eigenvalue weighted by molar-refractivity contribution is 7.16. The number of thiazole rings is 1. The topological polar surface area (TPSA) is 85.1 Å². The second-order valence-corrected chi connectivity index (χ2v) is 7.69. The van der Waals surface area contributed by atoms with Gasteiger partial charge in [0.15, 0.2) is 0 Å². The van der Waals surface area contributed by atoms with E-state index in [1.165, 1.54) is 18.2 Å². The van der Waals surface area contributed by atoms with Crippen LogP contribution in [0.15, 0.2) is 35.7 Å². The van der Waals surface area contributed by atoms with E-state index in [-0.39, 0.29) is 11.6 Å². The summed E-state index contributed by atoms with van der Waals surface area (Å²) in [6.45, 7) is 3.99. The van der Waals surface area contributed by atoms with E-state index in [1.807, 2.05) is 24.4 Å². The molecule has 0 fully saturated rings. The SMILES string of the molecule is Cc1nc(-c2ccc(CNC(=O)c3ccc([N+](=O)[O-])c(C)c3)s2)cs1. The van der Waals surface area contributed by atoms with Gasteiger partial charge in [0.25, 0.3) is 11.6 Å². The highest BCUT2D eigenvalue weighted by Crippen LogP contribution is 2.29. The van der Waals surface area contributed by atoms with Crippen LogP contribution in [0.1, 0.15) is 25.8 Å². The molecule has 0 atom stereocenters. The highest BCUT2D eigenvalue weighted by atomic mass is 32.1. The van der Waals surface area contributed by atoms with Crippen LogP contribution in [0, 0.1) is 24.0 Å². The van der Waals surface area contributed by atoms with Crippen molar-refractivity contribution in [2.45, 2.75) is 20.4 Å². The molecule has 6 nitrogen and oxygen atoms in total. The molecule has 1 aromatic carbocycles. The molecule has 0 aliphatic rings. The normalized spacial score (nSPS) is 10.6. The van der Waals surface area contributed by atoms with Crippen molar-refractivity contribution >= 4 is 34.3 Å². The van der Waals surface area contributed by atoms with Crippen LogP contribution in [-0.2, 0) is 6.54 Å². The Labute approximate surface area is 152 Å². The van der Waals surface area contributed by atoms with E-state index >= 15 is 0 Å². The number of nitro groups is 1. The molecule has 2 heterocycles. The average Bonchev–Trinajstić information content (AvgIpc) is 3.20. The number of amides is 1. The Bertz CT molecular complexity index is 946. The summed E-state index contributed by atoms with van der Waals surface area (Å²) in [4.78, 5) is 29.2. The van der Waals surface area contributed by atoms with E-state index in [2.05, 4.69) is 10.3 Å². The predicted molar refractivity (Wildman–Crippen MR) is 99.2 cm³/mol. The Morgan fingerprint density at radius 1 is 1.28 bits per heavy atom. The summed E-state index contributed by atoms with van der Waals surface area (Å²) >= 11 is 3.19. The van der Waals surface area contributed by atoms with Gasteiger partial charge in [-0.25, -0.2) is 4.98 Å². The van der Waals surface area contributed by atoms with Gasteiger partial charge in [0.05, 0.1) is 27.0 Å². The number of benzene rings is 1. The summed E-state index contributed by atoms with van der Waals surface area (Å²) in [5, 5.41) is 16.7. The summed E-state index contributed by atoms with van der Waals surface area (Å²) in [7, 11) is 0. The van der Waals surface area contributed by atoms with Crippen LogP contribution >= 0.6 is 22.7 Å². The molecule has 0 saturated carbocycles. The fourth-order valence-electron chi connectivity index (χ4n) is 2.36. The standard InChI is InChI=1S/C17H15N3O3S2/c1-10-7-12(3-5-15(10)20(22)23)17(21)18-8-13-4-6-16(25-13)14-9-24-11(2)19-14/h3-7,9H,8H2,1-2H3,(H,18,21). The third-order valence-electron chi connectivity index (χ3n) is 3.61. The minimum Gasteiger partial charge on any atom is -0.347 e. The Morgan fingerprint density at radius 2 is 2.08 bits per heavy atom. The smallest absolute Gasteiger partial charge is 0.272 e. The fraction of sp³-hybridized carbons (Fsp3) is 0.176. The number of aromatic nitrogens is 1. The Hall–Kier alpha value is -2.58. The van der Waals surface area contributed by atoms with Crippen molar-refractivity contribution in [3.8, 4) is 10.6 Å². The second-order valence-electron chi connectivity index (χ2n) is 5.46. The molecule has 128 valence electrons. The number of nitro benzene ring substituents is 1. The predicted octanol–water partition coefficient (Wildman–Crippen LogP) is 4.33. The quantitative estimate of drug-likeness (QED) is 0.533. The first-order valence-corrected chi connectivity index (χ1v) is 9.18. The van der Waals surface area contributed by atoms with Crippen molar-refractivity contribution in [3.63, 3.8) is 0 Å². The number of aryl methyl sites for hydroxylation is 2. The number of nitrogens with zero attached hydrogens (tertiary/aromatic N) is 2.